The Bertz CT molecular complexity index is 938. The number of benzene rings is 1. The van der Waals surface area contributed by atoms with E-state index in [1.165, 1.54) is 0 Å². The minimum Gasteiger partial charge on any atom is -0.491 e. The monoisotopic (exact) mass is 452 g/mol. The van der Waals surface area contributed by atoms with E-state index in [0.717, 1.165) is 42.6 Å². The van der Waals surface area contributed by atoms with Crippen molar-refractivity contribution in [1.82, 2.24) is 9.88 Å². The van der Waals surface area contributed by atoms with Crippen LogP contribution in [0.15, 0.2) is 42.7 Å². The molecular weight excluding hydrogens is 416 g/mol. The molecule has 0 aliphatic carbocycles. The third kappa shape index (κ3) is 5.56. The SMILES string of the molecule is CCO[C@@H]1C[C@H](c2ccncc2)OC2(CCN(C(=O)c3ccc(OC(C)C)c(C)c3)CC2)C1. The third-order valence-electron chi connectivity index (χ3n) is 6.70. The number of hydrogen-bond donors (Lipinski definition) is 0. The first-order valence-electron chi connectivity index (χ1n) is 12.1. The van der Waals surface area contributed by atoms with Gasteiger partial charge in [0.25, 0.3) is 5.91 Å². The van der Waals surface area contributed by atoms with E-state index in [9.17, 15) is 4.79 Å². The molecule has 1 spiro atoms. The molecule has 2 saturated heterocycles. The smallest absolute Gasteiger partial charge is 0.253 e. The average molecular weight is 453 g/mol. The van der Waals surface area contributed by atoms with Gasteiger partial charge in [0.15, 0.2) is 0 Å². The van der Waals surface area contributed by atoms with Crippen LogP contribution in [-0.4, -0.2) is 53.3 Å². The van der Waals surface area contributed by atoms with Crippen LogP contribution in [0.25, 0.3) is 0 Å². The largest absolute Gasteiger partial charge is 0.491 e. The summed E-state index contributed by atoms with van der Waals surface area (Å²) in [5, 5.41) is 0. The van der Waals surface area contributed by atoms with Crippen LogP contribution in [0.2, 0.25) is 0 Å². The molecule has 33 heavy (non-hydrogen) atoms. The normalized spacial score (nSPS) is 22.5. The number of amides is 1. The Kier molecular flexibility index (Phi) is 7.35. The first kappa shape index (κ1) is 23.7. The summed E-state index contributed by atoms with van der Waals surface area (Å²) in [6.45, 7) is 10.1. The van der Waals surface area contributed by atoms with Gasteiger partial charge in [0.2, 0.25) is 0 Å². The lowest BCUT2D eigenvalue weighted by Crippen LogP contribution is -2.52. The number of aryl methyl sites for hydroxylation is 1. The van der Waals surface area contributed by atoms with Gasteiger partial charge in [0.1, 0.15) is 5.75 Å². The molecule has 3 heterocycles. The van der Waals surface area contributed by atoms with E-state index >= 15 is 0 Å². The van der Waals surface area contributed by atoms with Crippen molar-refractivity contribution in [3.63, 3.8) is 0 Å². The summed E-state index contributed by atoms with van der Waals surface area (Å²) in [5.74, 6) is 0.908. The van der Waals surface area contributed by atoms with Gasteiger partial charge in [-0.25, -0.2) is 0 Å². The average Bonchev–Trinajstić information content (AvgIpc) is 2.81. The van der Waals surface area contributed by atoms with Gasteiger partial charge in [-0.1, -0.05) is 0 Å². The number of nitrogens with zero attached hydrogens (tertiary/aromatic N) is 2. The summed E-state index contributed by atoms with van der Waals surface area (Å²) in [6.07, 6.45) is 7.27. The highest BCUT2D eigenvalue weighted by Crippen LogP contribution is 2.44. The first-order valence-corrected chi connectivity index (χ1v) is 12.1. The Morgan fingerprint density at radius 3 is 2.58 bits per heavy atom. The number of piperidine rings is 1. The van der Waals surface area contributed by atoms with Crippen LogP contribution in [-0.2, 0) is 9.47 Å². The van der Waals surface area contributed by atoms with Gasteiger partial charge in [0, 0.05) is 50.5 Å². The summed E-state index contributed by atoms with van der Waals surface area (Å²) in [6, 6.07) is 9.77. The Morgan fingerprint density at radius 1 is 1.21 bits per heavy atom. The van der Waals surface area contributed by atoms with Crippen LogP contribution in [0.5, 0.6) is 5.75 Å². The summed E-state index contributed by atoms with van der Waals surface area (Å²) in [5.41, 5.74) is 2.59. The molecule has 178 valence electrons. The topological polar surface area (TPSA) is 60.9 Å². The van der Waals surface area contributed by atoms with Crippen molar-refractivity contribution in [3.8, 4) is 5.75 Å². The molecule has 2 aliphatic rings. The van der Waals surface area contributed by atoms with Crippen molar-refractivity contribution < 1.29 is 19.0 Å². The Labute approximate surface area is 197 Å². The van der Waals surface area contributed by atoms with E-state index < -0.39 is 0 Å². The number of carbonyl (C=O) groups excluding carboxylic acids is 1. The quantitative estimate of drug-likeness (QED) is 0.610. The maximum Gasteiger partial charge on any atom is 0.253 e. The lowest BCUT2D eigenvalue weighted by molar-refractivity contribution is -0.190. The van der Waals surface area contributed by atoms with Crippen LogP contribution in [0, 0.1) is 6.92 Å². The van der Waals surface area contributed by atoms with Crippen molar-refractivity contribution >= 4 is 5.91 Å². The molecule has 6 heteroatoms. The lowest BCUT2D eigenvalue weighted by Gasteiger charge is -2.48. The van der Waals surface area contributed by atoms with Crippen molar-refractivity contribution in [2.45, 2.75) is 77.3 Å². The van der Waals surface area contributed by atoms with Crippen LogP contribution in [0.4, 0.5) is 0 Å². The third-order valence-corrected chi connectivity index (χ3v) is 6.70. The molecule has 0 saturated carbocycles. The van der Waals surface area contributed by atoms with Crippen molar-refractivity contribution in [1.29, 1.82) is 0 Å². The maximum atomic E-state index is 13.2. The van der Waals surface area contributed by atoms with Crippen molar-refractivity contribution in [3.05, 3.63) is 59.4 Å². The molecule has 0 radical (unpaired) electrons. The summed E-state index contributed by atoms with van der Waals surface area (Å²) >= 11 is 0. The van der Waals surface area contributed by atoms with Gasteiger partial charge < -0.3 is 19.1 Å². The molecule has 2 aromatic rings. The van der Waals surface area contributed by atoms with E-state index in [1.807, 2.05) is 75.3 Å². The van der Waals surface area contributed by atoms with E-state index in [1.54, 1.807) is 0 Å². The van der Waals surface area contributed by atoms with Gasteiger partial charge >= 0.3 is 0 Å². The van der Waals surface area contributed by atoms with Crippen LogP contribution in [0.3, 0.4) is 0 Å². The van der Waals surface area contributed by atoms with E-state index in [0.29, 0.717) is 25.3 Å². The number of pyridine rings is 1. The van der Waals surface area contributed by atoms with Crippen LogP contribution in [0.1, 0.15) is 74.0 Å². The number of likely N-dealkylation sites (tertiary alicyclic amines) is 1. The fraction of sp³-hybridized carbons (Fsp3) is 0.556. The zero-order valence-electron chi connectivity index (χ0n) is 20.3. The molecule has 1 amide bonds. The molecular formula is C27H36N2O4. The molecule has 2 aliphatic heterocycles. The summed E-state index contributed by atoms with van der Waals surface area (Å²) < 4.78 is 18.6. The molecule has 4 rings (SSSR count). The molecule has 1 aromatic carbocycles. The Morgan fingerprint density at radius 2 is 1.94 bits per heavy atom. The van der Waals surface area contributed by atoms with E-state index in [-0.39, 0.29) is 29.8 Å². The zero-order valence-corrected chi connectivity index (χ0v) is 20.3. The van der Waals surface area contributed by atoms with E-state index in [2.05, 4.69) is 4.98 Å². The van der Waals surface area contributed by atoms with Crippen LogP contribution < -0.4 is 4.74 Å². The fourth-order valence-electron chi connectivity index (χ4n) is 5.07. The van der Waals surface area contributed by atoms with Crippen molar-refractivity contribution in [2.75, 3.05) is 19.7 Å². The second-order valence-corrected chi connectivity index (χ2v) is 9.53. The molecule has 2 atom stereocenters. The van der Waals surface area contributed by atoms with Gasteiger partial charge in [-0.3, -0.25) is 9.78 Å². The van der Waals surface area contributed by atoms with Gasteiger partial charge in [-0.15, -0.1) is 0 Å². The Balaban J connectivity index is 1.44. The molecule has 6 nitrogen and oxygen atoms in total. The van der Waals surface area contributed by atoms with Crippen LogP contribution >= 0.6 is 0 Å². The molecule has 0 unspecified atom stereocenters. The molecule has 1 aromatic heterocycles. The lowest BCUT2D eigenvalue weighted by atomic mass is 9.80. The number of rotatable bonds is 6. The zero-order chi connectivity index (χ0) is 23.4. The Hall–Kier alpha value is -2.44. The minimum absolute atomic E-state index is 0.00305. The number of hydrogen-bond acceptors (Lipinski definition) is 5. The first-order chi connectivity index (χ1) is 15.9. The maximum absolute atomic E-state index is 13.2. The van der Waals surface area contributed by atoms with Gasteiger partial charge in [-0.2, -0.15) is 0 Å². The van der Waals surface area contributed by atoms with Gasteiger partial charge in [0.05, 0.1) is 23.9 Å². The second kappa shape index (κ2) is 10.2. The standard InChI is InChI=1S/C27H36N2O4/c1-5-31-23-17-25(21-8-12-28-13-9-21)33-27(18-23)10-14-29(15-11-27)26(30)22-6-7-24(20(4)16-22)32-19(2)3/h6-9,12-13,16,19,23,25H,5,10-11,14-15,17-18H2,1-4H3/t23-,25-/m1/s1. The summed E-state index contributed by atoms with van der Waals surface area (Å²) in [7, 11) is 0. The molecule has 0 bridgehead atoms. The molecule has 2 fully saturated rings. The van der Waals surface area contributed by atoms with E-state index in [4.69, 9.17) is 14.2 Å². The minimum atomic E-state index is -0.256. The van der Waals surface area contributed by atoms with Crippen molar-refractivity contribution in [2.24, 2.45) is 0 Å². The molecule has 0 N–H and O–H groups in total. The second-order valence-electron chi connectivity index (χ2n) is 9.53. The highest BCUT2D eigenvalue weighted by atomic mass is 16.5. The summed E-state index contributed by atoms with van der Waals surface area (Å²) in [4.78, 5) is 19.3. The predicted octanol–water partition coefficient (Wildman–Crippen LogP) is 5.11. The van der Waals surface area contributed by atoms with Gasteiger partial charge in [-0.05, 0) is 82.0 Å². The number of carbonyl (C=O) groups is 1. The highest BCUT2D eigenvalue weighted by Gasteiger charge is 2.45. The predicted molar refractivity (Wildman–Crippen MR) is 128 cm³/mol. The number of ether oxygens (including phenoxy) is 3. The highest BCUT2D eigenvalue weighted by molar-refractivity contribution is 5.94. The number of aromatic nitrogens is 1. The fourth-order valence-corrected chi connectivity index (χ4v) is 5.07.